The van der Waals surface area contributed by atoms with Crippen LogP contribution in [0.1, 0.15) is 39.0 Å². The summed E-state index contributed by atoms with van der Waals surface area (Å²) in [7, 11) is 0. The number of halogens is 2. The van der Waals surface area contributed by atoms with Crippen molar-refractivity contribution in [1.82, 2.24) is 4.98 Å². The molecule has 3 nitrogen and oxygen atoms in total. The maximum atomic E-state index is 12.1. The van der Waals surface area contributed by atoms with E-state index < -0.39 is 0 Å². The van der Waals surface area contributed by atoms with Crippen LogP contribution in [-0.2, 0) is 4.79 Å². The maximum absolute atomic E-state index is 12.1. The number of anilines is 1. The molecular weight excluding hydrogens is 283 g/mol. The summed E-state index contributed by atoms with van der Waals surface area (Å²) in [6.07, 6.45) is 7.49. The lowest BCUT2D eigenvalue weighted by Crippen LogP contribution is -2.22. The smallest absolute Gasteiger partial charge is 0.227 e. The molecule has 1 aromatic rings. The molecule has 1 N–H and O–H groups in total. The van der Waals surface area contributed by atoms with E-state index in [9.17, 15) is 4.79 Å². The number of amides is 1. The van der Waals surface area contributed by atoms with E-state index in [1.54, 1.807) is 6.07 Å². The van der Waals surface area contributed by atoms with Gasteiger partial charge in [-0.3, -0.25) is 4.79 Å². The van der Waals surface area contributed by atoms with Gasteiger partial charge in [-0.25, -0.2) is 4.98 Å². The molecule has 0 spiro atoms. The highest BCUT2D eigenvalue weighted by Crippen LogP contribution is 2.31. The Kier molecular flexibility index (Phi) is 5.06. The summed E-state index contributed by atoms with van der Waals surface area (Å²) in [5.41, 5.74) is 0.484. The molecule has 104 valence electrons. The van der Waals surface area contributed by atoms with Gasteiger partial charge < -0.3 is 5.32 Å². The Balaban J connectivity index is 1.93. The van der Waals surface area contributed by atoms with Crippen molar-refractivity contribution in [2.75, 3.05) is 5.32 Å². The summed E-state index contributed by atoms with van der Waals surface area (Å²) in [6, 6.07) is 1.62. The third kappa shape index (κ3) is 4.08. The van der Waals surface area contributed by atoms with Gasteiger partial charge in [-0.2, -0.15) is 0 Å². The zero-order valence-corrected chi connectivity index (χ0v) is 12.5. The molecule has 1 heterocycles. The van der Waals surface area contributed by atoms with Gasteiger partial charge in [0.15, 0.2) is 5.15 Å². The molecule has 19 heavy (non-hydrogen) atoms. The lowest BCUT2D eigenvalue weighted by molar-refractivity contribution is -0.119. The van der Waals surface area contributed by atoms with Crippen molar-refractivity contribution < 1.29 is 4.79 Å². The van der Waals surface area contributed by atoms with E-state index in [4.69, 9.17) is 23.2 Å². The van der Waals surface area contributed by atoms with Gasteiger partial charge in [-0.15, -0.1) is 0 Å². The van der Waals surface area contributed by atoms with E-state index in [1.165, 1.54) is 31.9 Å². The first-order chi connectivity index (χ1) is 9.06. The van der Waals surface area contributed by atoms with Crippen molar-refractivity contribution in [2.24, 2.45) is 11.8 Å². The van der Waals surface area contributed by atoms with Gasteiger partial charge >= 0.3 is 0 Å². The highest BCUT2D eigenvalue weighted by molar-refractivity contribution is 6.34. The normalized spacial score (nSPS) is 17.4. The van der Waals surface area contributed by atoms with Crippen LogP contribution in [0.3, 0.4) is 0 Å². The fourth-order valence-corrected chi connectivity index (χ4v) is 2.93. The number of hydrogen-bond donors (Lipinski definition) is 1. The van der Waals surface area contributed by atoms with Gasteiger partial charge in [0.2, 0.25) is 5.91 Å². The van der Waals surface area contributed by atoms with E-state index in [0.29, 0.717) is 16.6 Å². The Morgan fingerprint density at radius 2 is 2.16 bits per heavy atom. The highest BCUT2D eigenvalue weighted by atomic mass is 35.5. The van der Waals surface area contributed by atoms with E-state index >= 15 is 0 Å². The standard InChI is InChI=1S/C14H18Cl2N2O/c1-9(6-10-4-2-3-5-10)14(19)18-12-7-11(15)8-17-13(12)16/h7-10H,2-6H2,1H3,(H,18,19). The van der Waals surface area contributed by atoms with Crippen molar-refractivity contribution in [1.29, 1.82) is 0 Å². The molecule has 0 aliphatic heterocycles. The minimum atomic E-state index is -0.0159. The minimum absolute atomic E-state index is 0.0156. The third-order valence-corrected chi connectivity index (χ3v) is 4.18. The fraction of sp³-hybridized carbons (Fsp3) is 0.571. The number of hydrogen-bond acceptors (Lipinski definition) is 2. The first kappa shape index (κ1) is 14.6. The van der Waals surface area contributed by atoms with Crippen LogP contribution >= 0.6 is 23.2 Å². The number of carbonyl (C=O) groups excluding carboxylic acids is 1. The van der Waals surface area contributed by atoms with Gasteiger partial charge in [0.05, 0.1) is 10.7 Å². The predicted octanol–water partition coefficient (Wildman–Crippen LogP) is 4.54. The van der Waals surface area contributed by atoms with Crippen LogP contribution in [0.15, 0.2) is 12.3 Å². The summed E-state index contributed by atoms with van der Waals surface area (Å²) < 4.78 is 0. The number of nitrogens with one attached hydrogen (secondary N) is 1. The van der Waals surface area contributed by atoms with Gasteiger partial charge in [-0.1, -0.05) is 55.8 Å². The fourth-order valence-electron chi connectivity index (χ4n) is 2.62. The SMILES string of the molecule is CC(CC1CCCC1)C(=O)Nc1cc(Cl)cnc1Cl. The molecule has 0 aromatic carbocycles. The molecule has 2 rings (SSSR count). The number of aromatic nitrogens is 1. The molecule has 1 aliphatic carbocycles. The molecule has 0 saturated heterocycles. The molecule has 1 aromatic heterocycles. The van der Waals surface area contributed by atoms with Gasteiger partial charge in [0, 0.05) is 12.1 Å². The molecular formula is C14H18Cl2N2O. The molecule has 1 atom stereocenters. The zero-order valence-electron chi connectivity index (χ0n) is 11.0. The van der Waals surface area contributed by atoms with Crippen LogP contribution in [0.5, 0.6) is 0 Å². The molecule has 1 unspecified atom stereocenters. The van der Waals surface area contributed by atoms with E-state index in [1.807, 2.05) is 6.92 Å². The Morgan fingerprint density at radius 3 is 2.84 bits per heavy atom. The average molecular weight is 301 g/mol. The second-order valence-electron chi connectivity index (χ2n) is 5.27. The largest absolute Gasteiger partial charge is 0.323 e. The first-order valence-electron chi connectivity index (χ1n) is 6.68. The number of pyridine rings is 1. The van der Waals surface area contributed by atoms with E-state index in [-0.39, 0.29) is 17.0 Å². The molecule has 0 radical (unpaired) electrons. The van der Waals surface area contributed by atoms with Crippen molar-refractivity contribution in [3.8, 4) is 0 Å². The Hall–Kier alpha value is -0.800. The van der Waals surface area contributed by atoms with Crippen molar-refractivity contribution in [3.63, 3.8) is 0 Å². The summed E-state index contributed by atoms with van der Waals surface area (Å²) >= 11 is 11.8. The Labute approximate surface area is 123 Å². The monoisotopic (exact) mass is 300 g/mol. The van der Waals surface area contributed by atoms with Crippen LogP contribution in [0, 0.1) is 11.8 Å². The third-order valence-electron chi connectivity index (χ3n) is 3.67. The topological polar surface area (TPSA) is 42.0 Å². The first-order valence-corrected chi connectivity index (χ1v) is 7.43. The van der Waals surface area contributed by atoms with Crippen molar-refractivity contribution in [2.45, 2.75) is 39.0 Å². The van der Waals surface area contributed by atoms with Crippen LogP contribution in [0.2, 0.25) is 10.2 Å². The Bertz CT molecular complexity index is 459. The van der Waals surface area contributed by atoms with Crippen molar-refractivity contribution >= 4 is 34.8 Å². The average Bonchev–Trinajstić information content (AvgIpc) is 2.86. The van der Waals surface area contributed by atoms with Gasteiger partial charge in [-0.05, 0) is 18.4 Å². The van der Waals surface area contributed by atoms with Crippen LogP contribution in [0.4, 0.5) is 5.69 Å². The van der Waals surface area contributed by atoms with Crippen LogP contribution in [0.25, 0.3) is 0 Å². The van der Waals surface area contributed by atoms with E-state index in [2.05, 4.69) is 10.3 Å². The number of nitrogens with zero attached hydrogens (tertiary/aromatic N) is 1. The minimum Gasteiger partial charge on any atom is -0.323 e. The van der Waals surface area contributed by atoms with Crippen molar-refractivity contribution in [3.05, 3.63) is 22.4 Å². The molecule has 1 fully saturated rings. The molecule has 0 bridgehead atoms. The summed E-state index contributed by atoms with van der Waals surface area (Å²) in [5.74, 6) is 0.657. The predicted molar refractivity (Wildman–Crippen MR) is 78.6 cm³/mol. The summed E-state index contributed by atoms with van der Waals surface area (Å²) in [5, 5.41) is 3.54. The second-order valence-corrected chi connectivity index (χ2v) is 6.06. The molecule has 1 aliphatic rings. The lowest BCUT2D eigenvalue weighted by atomic mass is 9.94. The summed E-state index contributed by atoms with van der Waals surface area (Å²) in [4.78, 5) is 16.0. The zero-order chi connectivity index (χ0) is 13.8. The highest BCUT2D eigenvalue weighted by Gasteiger charge is 2.22. The van der Waals surface area contributed by atoms with Crippen LogP contribution in [-0.4, -0.2) is 10.9 Å². The second kappa shape index (κ2) is 6.58. The van der Waals surface area contributed by atoms with Gasteiger partial charge in [0.25, 0.3) is 0 Å². The number of carbonyl (C=O) groups is 1. The maximum Gasteiger partial charge on any atom is 0.227 e. The van der Waals surface area contributed by atoms with Crippen LogP contribution < -0.4 is 5.32 Å². The molecule has 5 heteroatoms. The Morgan fingerprint density at radius 1 is 1.47 bits per heavy atom. The lowest BCUT2D eigenvalue weighted by Gasteiger charge is -2.16. The number of rotatable bonds is 4. The quantitative estimate of drug-likeness (QED) is 0.829. The summed E-state index contributed by atoms with van der Waals surface area (Å²) in [6.45, 7) is 1.96. The molecule has 1 saturated carbocycles. The molecule has 1 amide bonds. The van der Waals surface area contributed by atoms with E-state index in [0.717, 1.165) is 6.42 Å². The van der Waals surface area contributed by atoms with Gasteiger partial charge in [0.1, 0.15) is 0 Å².